The number of halogens is 2. The molecule has 0 saturated heterocycles. The van der Waals surface area contributed by atoms with Gasteiger partial charge in [-0.2, -0.15) is 0 Å². The Kier molecular flexibility index (Phi) is 4.16. The van der Waals surface area contributed by atoms with Crippen LogP contribution < -0.4 is 4.90 Å². The number of carboxylic acid groups (broad SMARTS) is 1. The first-order valence-corrected chi connectivity index (χ1v) is 6.36. The van der Waals surface area contributed by atoms with Crippen molar-refractivity contribution in [3.8, 4) is 0 Å². The molecule has 0 spiro atoms. The molecule has 0 atom stereocenters. The topological polar surface area (TPSA) is 40.5 Å². The Morgan fingerprint density at radius 3 is 2.21 bits per heavy atom. The van der Waals surface area contributed by atoms with Crippen molar-refractivity contribution in [2.24, 2.45) is 0 Å². The molecule has 0 aromatic heterocycles. The molecule has 0 aliphatic heterocycles. The summed E-state index contributed by atoms with van der Waals surface area (Å²) in [5.41, 5.74) is 1.30. The van der Waals surface area contributed by atoms with E-state index in [2.05, 4.69) is 15.9 Å². The van der Waals surface area contributed by atoms with Gasteiger partial charge in [-0.05, 0) is 42.0 Å². The number of hydrogen-bond acceptors (Lipinski definition) is 1. The molecule has 1 amide bonds. The van der Waals surface area contributed by atoms with Crippen molar-refractivity contribution in [2.45, 2.75) is 6.54 Å². The van der Waals surface area contributed by atoms with Crippen LogP contribution in [-0.2, 0) is 6.54 Å². The van der Waals surface area contributed by atoms with Crippen molar-refractivity contribution < 1.29 is 14.3 Å². The van der Waals surface area contributed by atoms with Crippen LogP contribution in [0.25, 0.3) is 0 Å². The van der Waals surface area contributed by atoms with Gasteiger partial charge >= 0.3 is 6.09 Å². The maximum atomic E-state index is 12.8. The molecular weight excluding hydrogens is 313 g/mol. The van der Waals surface area contributed by atoms with Crippen molar-refractivity contribution in [2.75, 3.05) is 4.90 Å². The zero-order valence-corrected chi connectivity index (χ0v) is 11.5. The third kappa shape index (κ3) is 3.54. The second kappa shape index (κ2) is 5.84. The maximum Gasteiger partial charge on any atom is 0.412 e. The van der Waals surface area contributed by atoms with E-state index >= 15 is 0 Å². The minimum atomic E-state index is -1.05. The monoisotopic (exact) mass is 323 g/mol. The summed E-state index contributed by atoms with van der Waals surface area (Å²) in [6.45, 7) is 0.178. The van der Waals surface area contributed by atoms with E-state index in [4.69, 9.17) is 0 Å². The standard InChI is InChI=1S/C14H11BrFNO2/c15-11-3-7-13(8-4-11)17(14(18)19)9-10-1-5-12(16)6-2-10/h1-8H,9H2,(H,18,19). The van der Waals surface area contributed by atoms with Gasteiger partial charge in [0.25, 0.3) is 0 Å². The van der Waals surface area contributed by atoms with Crippen LogP contribution in [0.3, 0.4) is 0 Å². The lowest BCUT2D eigenvalue weighted by Gasteiger charge is -2.19. The van der Waals surface area contributed by atoms with Crippen LogP contribution in [0.5, 0.6) is 0 Å². The molecule has 98 valence electrons. The molecule has 0 aliphatic rings. The SMILES string of the molecule is O=C(O)N(Cc1ccc(F)cc1)c1ccc(Br)cc1. The molecule has 2 aromatic carbocycles. The Hall–Kier alpha value is -1.88. The number of nitrogens with zero attached hydrogens (tertiary/aromatic N) is 1. The summed E-state index contributed by atoms with van der Waals surface area (Å²) >= 11 is 3.30. The van der Waals surface area contributed by atoms with Crippen molar-refractivity contribution in [3.05, 3.63) is 64.4 Å². The van der Waals surface area contributed by atoms with E-state index in [1.807, 2.05) is 0 Å². The fourth-order valence-corrected chi connectivity index (χ4v) is 1.93. The van der Waals surface area contributed by atoms with Crippen molar-refractivity contribution in [1.82, 2.24) is 0 Å². The zero-order valence-electron chi connectivity index (χ0n) is 9.88. The van der Waals surface area contributed by atoms with Gasteiger partial charge in [0, 0.05) is 10.2 Å². The maximum absolute atomic E-state index is 12.8. The average molecular weight is 324 g/mol. The molecule has 2 rings (SSSR count). The average Bonchev–Trinajstić information content (AvgIpc) is 2.39. The van der Waals surface area contributed by atoms with E-state index in [-0.39, 0.29) is 12.4 Å². The molecule has 0 unspecified atom stereocenters. The van der Waals surface area contributed by atoms with Crippen LogP contribution in [0.2, 0.25) is 0 Å². The van der Waals surface area contributed by atoms with Gasteiger partial charge in [0.2, 0.25) is 0 Å². The van der Waals surface area contributed by atoms with E-state index in [9.17, 15) is 14.3 Å². The molecule has 0 saturated carbocycles. The highest BCUT2D eigenvalue weighted by atomic mass is 79.9. The summed E-state index contributed by atoms with van der Waals surface area (Å²) < 4.78 is 13.7. The van der Waals surface area contributed by atoms with Gasteiger partial charge in [-0.1, -0.05) is 28.1 Å². The number of carbonyl (C=O) groups is 1. The Morgan fingerprint density at radius 2 is 1.68 bits per heavy atom. The number of benzene rings is 2. The first kappa shape index (κ1) is 13.5. The Morgan fingerprint density at radius 1 is 1.11 bits per heavy atom. The van der Waals surface area contributed by atoms with Crippen LogP contribution in [0.4, 0.5) is 14.9 Å². The number of hydrogen-bond donors (Lipinski definition) is 1. The van der Waals surface area contributed by atoms with Gasteiger partial charge in [-0.15, -0.1) is 0 Å². The lowest BCUT2D eigenvalue weighted by atomic mass is 10.2. The van der Waals surface area contributed by atoms with Gasteiger partial charge in [-0.25, -0.2) is 9.18 Å². The Bertz CT molecular complexity index is 569. The van der Waals surface area contributed by atoms with E-state index < -0.39 is 6.09 Å². The quantitative estimate of drug-likeness (QED) is 0.916. The number of amides is 1. The van der Waals surface area contributed by atoms with E-state index in [1.54, 1.807) is 36.4 Å². The van der Waals surface area contributed by atoms with E-state index in [0.717, 1.165) is 10.0 Å². The van der Waals surface area contributed by atoms with Crippen molar-refractivity contribution >= 4 is 27.7 Å². The molecule has 0 heterocycles. The zero-order chi connectivity index (χ0) is 13.8. The second-order valence-corrected chi connectivity index (χ2v) is 4.89. The predicted octanol–water partition coefficient (Wildman–Crippen LogP) is 4.27. The minimum Gasteiger partial charge on any atom is -0.465 e. The largest absolute Gasteiger partial charge is 0.465 e. The Balaban J connectivity index is 2.23. The van der Waals surface area contributed by atoms with Crippen LogP contribution in [-0.4, -0.2) is 11.2 Å². The molecule has 2 aromatic rings. The third-order valence-electron chi connectivity index (χ3n) is 2.62. The summed E-state index contributed by atoms with van der Waals surface area (Å²) in [6.07, 6.45) is -1.05. The van der Waals surface area contributed by atoms with Gasteiger partial charge in [0.15, 0.2) is 0 Å². The molecule has 0 aliphatic carbocycles. The molecule has 0 fully saturated rings. The van der Waals surface area contributed by atoms with Gasteiger partial charge in [0.05, 0.1) is 6.54 Å². The molecule has 0 radical (unpaired) electrons. The fourth-order valence-electron chi connectivity index (χ4n) is 1.66. The summed E-state index contributed by atoms with van der Waals surface area (Å²) in [5.74, 6) is -0.339. The smallest absolute Gasteiger partial charge is 0.412 e. The molecule has 0 bridgehead atoms. The third-order valence-corrected chi connectivity index (χ3v) is 3.15. The van der Waals surface area contributed by atoms with Crippen LogP contribution in [0, 0.1) is 5.82 Å². The molecule has 5 heteroatoms. The summed E-state index contributed by atoms with van der Waals surface area (Å²) in [5, 5.41) is 9.25. The van der Waals surface area contributed by atoms with E-state index in [0.29, 0.717) is 5.69 Å². The highest BCUT2D eigenvalue weighted by molar-refractivity contribution is 9.10. The first-order chi connectivity index (χ1) is 9.06. The lowest BCUT2D eigenvalue weighted by molar-refractivity contribution is 0.201. The summed E-state index contributed by atoms with van der Waals surface area (Å²) in [6, 6.07) is 12.7. The molecular formula is C14H11BrFNO2. The predicted molar refractivity (Wildman–Crippen MR) is 74.7 cm³/mol. The summed E-state index contributed by atoms with van der Waals surface area (Å²) in [4.78, 5) is 12.5. The minimum absolute atomic E-state index is 0.178. The van der Waals surface area contributed by atoms with Gasteiger partial charge in [0.1, 0.15) is 5.82 Å². The van der Waals surface area contributed by atoms with Crippen LogP contribution in [0.1, 0.15) is 5.56 Å². The first-order valence-electron chi connectivity index (χ1n) is 5.57. The summed E-state index contributed by atoms with van der Waals surface area (Å²) in [7, 11) is 0. The molecule has 3 nitrogen and oxygen atoms in total. The van der Waals surface area contributed by atoms with E-state index in [1.165, 1.54) is 17.0 Å². The lowest BCUT2D eigenvalue weighted by Crippen LogP contribution is -2.28. The van der Waals surface area contributed by atoms with Crippen LogP contribution >= 0.6 is 15.9 Å². The normalized spacial score (nSPS) is 10.2. The fraction of sp³-hybridized carbons (Fsp3) is 0.0714. The van der Waals surface area contributed by atoms with Crippen molar-refractivity contribution in [3.63, 3.8) is 0 Å². The van der Waals surface area contributed by atoms with Crippen LogP contribution in [0.15, 0.2) is 53.0 Å². The van der Waals surface area contributed by atoms with Crippen molar-refractivity contribution in [1.29, 1.82) is 0 Å². The van der Waals surface area contributed by atoms with Gasteiger partial charge < -0.3 is 5.11 Å². The Labute approximate surface area is 118 Å². The number of rotatable bonds is 3. The highest BCUT2D eigenvalue weighted by Crippen LogP contribution is 2.20. The van der Waals surface area contributed by atoms with Gasteiger partial charge in [-0.3, -0.25) is 4.90 Å². The number of anilines is 1. The highest BCUT2D eigenvalue weighted by Gasteiger charge is 2.14. The molecule has 1 N–H and O–H groups in total. The molecule has 19 heavy (non-hydrogen) atoms. The second-order valence-electron chi connectivity index (χ2n) is 3.97.